The van der Waals surface area contributed by atoms with E-state index in [9.17, 15) is 0 Å². The molecule has 0 radical (unpaired) electrons. The standard InChI is InChI=1S/C19H26N6O3/c1-25-19(23-18(20)24-25)22-8-3-9-27-15-5-2-4-14(10-15)11-21-12-16-6-7-17(13-26)28-16/h2,4-7,10,21,26H,3,8-9,11-13H2,1H3,(H3,20,22,23,24). The summed E-state index contributed by atoms with van der Waals surface area (Å²) in [6.45, 7) is 2.52. The first-order chi connectivity index (χ1) is 13.6. The maximum atomic E-state index is 9.02. The SMILES string of the molecule is Cn1nc(N)nc1NCCCOc1cccc(CNCc2ccc(CO)o2)c1. The van der Waals surface area contributed by atoms with Crippen molar-refractivity contribution in [1.29, 1.82) is 0 Å². The van der Waals surface area contributed by atoms with Crippen LogP contribution < -0.4 is 21.1 Å². The van der Waals surface area contributed by atoms with Crippen molar-refractivity contribution in [3.8, 4) is 5.75 Å². The van der Waals surface area contributed by atoms with Crippen LogP contribution >= 0.6 is 0 Å². The van der Waals surface area contributed by atoms with Gasteiger partial charge in [-0.15, -0.1) is 5.10 Å². The van der Waals surface area contributed by atoms with Crippen molar-refractivity contribution >= 4 is 11.9 Å². The Balaban J connectivity index is 1.36. The van der Waals surface area contributed by atoms with Gasteiger partial charge in [-0.05, 0) is 36.2 Å². The number of ether oxygens (including phenoxy) is 1. The van der Waals surface area contributed by atoms with E-state index in [0.717, 1.165) is 23.5 Å². The van der Waals surface area contributed by atoms with E-state index in [2.05, 4.69) is 20.7 Å². The number of furan rings is 1. The van der Waals surface area contributed by atoms with Crippen molar-refractivity contribution in [2.24, 2.45) is 7.05 Å². The molecule has 0 saturated carbocycles. The van der Waals surface area contributed by atoms with Gasteiger partial charge in [-0.1, -0.05) is 12.1 Å². The number of nitrogens with one attached hydrogen (secondary N) is 2. The minimum absolute atomic E-state index is 0.0818. The molecular formula is C19H26N6O3. The molecule has 2 aromatic heterocycles. The molecule has 0 spiro atoms. The highest BCUT2D eigenvalue weighted by atomic mass is 16.5. The van der Waals surface area contributed by atoms with Crippen LogP contribution in [-0.4, -0.2) is 33.0 Å². The number of aryl methyl sites for hydroxylation is 1. The minimum Gasteiger partial charge on any atom is -0.494 e. The molecule has 5 N–H and O–H groups in total. The van der Waals surface area contributed by atoms with E-state index in [4.69, 9.17) is 20.0 Å². The van der Waals surface area contributed by atoms with Crippen LogP contribution in [-0.2, 0) is 26.7 Å². The Bertz CT molecular complexity index is 876. The van der Waals surface area contributed by atoms with Crippen LogP contribution in [0.15, 0.2) is 40.8 Å². The van der Waals surface area contributed by atoms with E-state index < -0.39 is 0 Å². The molecule has 150 valence electrons. The van der Waals surface area contributed by atoms with Crippen LogP contribution in [0.25, 0.3) is 0 Å². The Labute approximate surface area is 163 Å². The molecule has 28 heavy (non-hydrogen) atoms. The van der Waals surface area contributed by atoms with E-state index in [0.29, 0.717) is 37.9 Å². The lowest BCUT2D eigenvalue weighted by atomic mass is 10.2. The fourth-order valence-corrected chi connectivity index (χ4v) is 2.70. The molecule has 0 unspecified atom stereocenters. The normalized spacial score (nSPS) is 10.9. The van der Waals surface area contributed by atoms with Gasteiger partial charge in [-0.2, -0.15) is 4.98 Å². The summed E-state index contributed by atoms with van der Waals surface area (Å²) in [5.74, 6) is 3.11. The van der Waals surface area contributed by atoms with Gasteiger partial charge in [0.2, 0.25) is 11.9 Å². The van der Waals surface area contributed by atoms with Crippen molar-refractivity contribution in [2.45, 2.75) is 26.1 Å². The molecule has 0 amide bonds. The van der Waals surface area contributed by atoms with Crippen molar-refractivity contribution in [2.75, 3.05) is 24.2 Å². The molecule has 0 bridgehead atoms. The first-order valence-corrected chi connectivity index (χ1v) is 9.15. The summed E-state index contributed by atoms with van der Waals surface area (Å²) < 4.78 is 12.9. The number of nitrogen functional groups attached to an aromatic ring is 1. The number of aromatic nitrogens is 3. The molecule has 0 fully saturated rings. The number of nitrogens with two attached hydrogens (primary N) is 1. The Morgan fingerprint density at radius 3 is 2.82 bits per heavy atom. The molecule has 0 aliphatic carbocycles. The molecule has 1 aromatic carbocycles. The zero-order valence-electron chi connectivity index (χ0n) is 15.9. The van der Waals surface area contributed by atoms with Gasteiger partial charge in [-0.25, -0.2) is 4.68 Å². The van der Waals surface area contributed by atoms with Crippen LogP contribution in [0.3, 0.4) is 0 Å². The van der Waals surface area contributed by atoms with Gasteiger partial charge in [0.05, 0.1) is 13.2 Å². The summed E-state index contributed by atoms with van der Waals surface area (Å²) in [5.41, 5.74) is 6.67. The highest BCUT2D eigenvalue weighted by Crippen LogP contribution is 2.14. The van der Waals surface area contributed by atoms with Crippen LogP contribution in [0.4, 0.5) is 11.9 Å². The van der Waals surface area contributed by atoms with Gasteiger partial charge in [0, 0.05) is 20.1 Å². The zero-order chi connectivity index (χ0) is 19.8. The molecule has 0 atom stereocenters. The third-order valence-corrected chi connectivity index (χ3v) is 4.05. The van der Waals surface area contributed by atoms with Gasteiger partial charge >= 0.3 is 0 Å². The number of anilines is 2. The second-order valence-electron chi connectivity index (χ2n) is 6.32. The molecule has 0 aliphatic rings. The van der Waals surface area contributed by atoms with Gasteiger partial charge < -0.3 is 30.6 Å². The summed E-state index contributed by atoms with van der Waals surface area (Å²) in [6.07, 6.45) is 0.820. The largest absolute Gasteiger partial charge is 0.494 e. The lowest BCUT2D eigenvalue weighted by Crippen LogP contribution is -2.12. The number of aliphatic hydroxyl groups is 1. The van der Waals surface area contributed by atoms with Crippen LogP contribution in [0, 0.1) is 0 Å². The smallest absolute Gasteiger partial charge is 0.241 e. The van der Waals surface area contributed by atoms with Gasteiger partial charge in [0.1, 0.15) is 23.9 Å². The fraction of sp³-hybridized carbons (Fsp3) is 0.368. The second kappa shape index (κ2) is 9.77. The van der Waals surface area contributed by atoms with E-state index in [1.807, 2.05) is 30.3 Å². The lowest BCUT2D eigenvalue weighted by Gasteiger charge is -2.09. The maximum Gasteiger partial charge on any atom is 0.241 e. The first-order valence-electron chi connectivity index (χ1n) is 9.15. The Morgan fingerprint density at radius 1 is 1.21 bits per heavy atom. The summed E-state index contributed by atoms with van der Waals surface area (Å²) in [5, 5.41) is 19.5. The predicted molar refractivity (Wildman–Crippen MR) is 106 cm³/mol. The molecule has 2 heterocycles. The Kier molecular flexibility index (Phi) is 6.88. The molecule has 0 aliphatic heterocycles. The molecule has 9 nitrogen and oxygen atoms in total. The highest BCUT2D eigenvalue weighted by molar-refractivity contribution is 5.31. The first kappa shape index (κ1) is 19.7. The van der Waals surface area contributed by atoms with Crippen molar-refractivity contribution in [3.63, 3.8) is 0 Å². The molecular weight excluding hydrogens is 360 g/mol. The number of aliphatic hydroxyl groups excluding tert-OH is 1. The minimum atomic E-state index is -0.0818. The zero-order valence-corrected chi connectivity index (χ0v) is 15.9. The van der Waals surface area contributed by atoms with E-state index in [1.54, 1.807) is 17.8 Å². The van der Waals surface area contributed by atoms with Gasteiger partial charge in [0.15, 0.2) is 0 Å². The van der Waals surface area contributed by atoms with Gasteiger partial charge in [0.25, 0.3) is 0 Å². The molecule has 3 aromatic rings. The van der Waals surface area contributed by atoms with Crippen LogP contribution in [0.1, 0.15) is 23.5 Å². The average molecular weight is 386 g/mol. The molecule has 0 saturated heterocycles. The van der Waals surface area contributed by atoms with Crippen molar-refractivity contribution < 1.29 is 14.3 Å². The monoisotopic (exact) mass is 386 g/mol. The number of nitrogens with zero attached hydrogens (tertiary/aromatic N) is 3. The third-order valence-electron chi connectivity index (χ3n) is 4.05. The Hall–Kier alpha value is -3.04. The number of benzene rings is 1. The van der Waals surface area contributed by atoms with Crippen molar-refractivity contribution in [1.82, 2.24) is 20.1 Å². The average Bonchev–Trinajstić information content (AvgIpc) is 3.27. The topological polar surface area (TPSA) is 123 Å². The van der Waals surface area contributed by atoms with E-state index >= 15 is 0 Å². The Morgan fingerprint density at radius 2 is 2.07 bits per heavy atom. The van der Waals surface area contributed by atoms with Crippen LogP contribution in [0.5, 0.6) is 5.75 Å². The molecule has 3 rings (SSSR count). The number of rotatable bonds is 11. The fourth-order valence-electron chi connectivity index (χ4n) is 2.70. The van der Waals surface area contributed by atoms with Crippen LogP contribution in [0.2, 0.25) is 0 Å². The van der Waals surface area contributed by atoms with Crippen molar-refractivity contribution in [3.05, 3.63) is 53.5 Å². The third kappa shape index (κ3) is 5.73. The molecule has 9 heteroatoms. The summed E-state index contributed by atoms with van der Waals surface area (Å²) in [6, 6.07) is 11.6. The quantitative estimate of drug-likeness (QED) is 0.367. The van der Waals surface area contributed by atoms with E-state index in [1.165, 1.54) is 0 Å². The van der Waals surface area contributed by atoms with Gasteiger partial charge in [-0.3, -0.25) is 0 Å². The maximum absolute atomic E-state index is 9.02. The summed E-state index contributed by atoms with van der Waals surface area (Å²) in [7, 11) is 1.79. The van der Waals surface area contributed by atoms with E-state index in [-0.39, 0.29) is 12.6 Å². The second-order valence-corrected chi connectivity index (χ2v) is 6.32. The highest BCUT2D eigenvalue weighted by Gasteiger charge is 2.04. The summed E-state index contributed by atoms with van der Waals surface area (Å²) >= 11 is 0. The summed E-state index contributed by atoms with van der Waals surface area (Å²) in [4.78, 5) is 4.09. The lowest BCUT2D eigenvalue weighted by molar-refractivity contribution is 0.242. The number of hydrogen-bond acceptors (Lipinski definition) is 8. The number of hydrogen-bond donors (Lipinski definition) is 4. The predicted octanol–water partition coefficient (Wildman–Crippen LogP) is 1.65.